The Bertz CT molecular complexity index is 1080. The molecular formula is C24H18O. The largest absolute Gasteiger partial charge is 0.364 e. The Kier molecular flexibility index (Phi) is 3.06. The van der Waals surface area contributed by atoms with Crippen molar-refractivity contribution in [1.82, 2.24) is 0 Å². The molecule has 25 heavy (non-hydrogen) atoms. The quantitative estimate of drug-likeness (QED) is 0.456. The van der Waals surface area contributed by atoms with Crippen LogP contribution in [0.1, 0.15) is 16.7 Å². The molecule has 0 radical (unpaired) electrons. The van der Waals surface area contributed by atoms with Gasteiger partial charge in [-0.05, 0) is 27.5 Å². The molecule has 1 unspecified atom stereocenters. The normalized spacial score (nSPS) is 18.1. The van der Waals surface area contributed by atoms with Crippen LogP contribution in [0.15, 0.2) is 91.0 Å². The Labute approximate surface area is 147 Å². The van der Waals surface area contributed by atoms with E-state index in [0.717, 1.165) is 0 Å². The fourth-order valence-corrected chi connectivity index (χ4v) is 4.34. The first kappa shape index (κ1) is 14.4. The summed E-state index contributed by atoms with van der Waals surface area (Å²) in [4.78, 5) is 0. The monoisotopic (exact) mass is 322 g/mol. The van der Waals surface area contributed by atoms with Crippen LogP contribution in [-0.2, 0) is 10.3 Å². The van der Waals surface area contributed by atoms with Crippen molar-refractivity contribution in [2.75, 3.05) is 7.11 Å². The van der Waals surface area contributed by atoms with Crippen LogP contribution in [-0.4, -0.2) is 7.11 Å². The highest BCUT2D eigenvalue weighted by atomic mass is 16.5. The second-order valence-electron chi connectivity index (χ2n) is 6.51. The Balaban J connectivity index is 1.99. The Morgan fingerprint density at radius 3 is 2.20 bits per heavy atom. The lowest BCUT2D eigenvalue weighted by Gasteiger charge is -2.32. The summed E-state index contributed by atoms with van der Waals surface area (Å²) in [5.74, 6) is 0. The molecule has 0 amide bonds. The van der Waals surface area contributed by atoms with E-state index in [1.807, 2.05) is 7.11 Å². The summed E-state index contributed by atoms with van der Waals surface area (Å²) in [6.07, 6.45) is 0. The van der Waals surface area contributed by atoms with Crippen molar-refractivity contribution in [3.63, 3.8) is 0 Å². The maximum absolute atomic E-state index is 6.35. The standard InChI is InChI=1S/C24H18O/c1-25-24(18-10-3-2-4-11-18)22-14-8-7-13-20(22)21-16-15-17-9-5-6-12-19(17)23(21)24/h2-16H,1H3. The number of methoxy groups -OCH3 is 1. The van der Waals surface area contributed by atoms with Crippen molar-refractivity contribution in [3.8, 4) is 11.1 Å². The molecule has 1 aliphatic carbocycles. The number of rotatable bonds is 2. The third-order valence-corrected chi connectivity index (χ3v) is 5.36. The van der Waals surface area contributed by atoms with Crippen molar-refractivity contribution in [3.05, 3.63) is 108 Å². The molecular weight excluding hydrogens is 304 g/mol. The highest BCUT2D eigenvalue weighted by molar-refractivity contribution is 5.98. The Hall–Kier alpha value is -2.90. The SMILES string of the molecule is COC1(c2ccccc2)c2ccccc2-c2ccc3ccccc3c21. The molecule has 5 rings (SSSR count). The number of hydrogen-bond acceptors (Lipinski definition) is 1. The molecule has 0 spiro atoms. The molecule has 4 aromatic carbocycles. The molecule has 1 nitrogen and oxygen atoms in total. The maximum atomic E-state index is 6.35. The van der Waals surface area contributed by atoms with Gasteiger partial charge < -0.3 is 4.74 Å². The number of benzene rings is 4. The van der Waals surface area contributed by atoms with Crippen LogP contribution in [0.3, 0.4) is 0 Å². The predicted octanol–water partition coefficient (Wildman–Crippen LogP) is 5.76. The van der Waals surface area contributed by atoms with Crippen LogP contribution in [0.2, 0.25) is 0 Å². The van der Waals surface area contributed by atoms with Gasteiger partial charge in [-0.1, -0.05) is 91.0 Å². The average Bonchev–Trinajstić information content (AvgIpc) is 3.00. The van der Waals surface area contributed by atoms with Crippen molar-refractivity contribution < 1.29 is 4.74 Å². The van der Waals surface area contributed by atoms with Crippen molar-refractivity contribution in [2.24, 2.45) is 0 Å². The zero-order valence-corrected chi connectivity index (χ0v) is 14.1. The smallest absolute Gasteiger partial charge is 0.145 e. The van der Waals surface area contributed by atoms with Gasteiger partial charge in [0.1, 0.15) is 5.60 Å². The summed E-state index contributed by atoms with van der Waals surface area (Å²) < 4.78 is 6.35. The van der Waals surface area contributed by atoms with Gasteiger partial charge in [0.2, 0.25) is 0 Å². The zero-order chi connectivity index (χ0) is 16.9. The Morgan fingerprint density at radius 1 is 0.640 bits per heavy atom. The number of fused-ring (bicyclic) bond motifs is 5. The number of ether oxygens (including phenoxy) is 1. The van der Waals surface area contributed by atoms with E-state index in [1.165, 1.54) is 38.6 Å². The fraction of sp³-hybridized carbons (Fsp3) is 0.0833. The van der Waals surface area contributed by atoms with E-state index >= 15 is 0 Å². The predicted molar refractivity (Wildman–Crippen MR) is 103 cm³/mol. The zero-order valence-electron chi connectivity index (χ0n) is 14.1. The van der Waals surface area contributed by atoms with Gasteiger partial charge in [-0.25, -0.2) is 0 Å². The fourth-order valence-electron chi connectivity index (χ4n) is 4.34. The van der Waals surface area contributed by atoms with Crippen LogP contribution in [0.25, 0.3) is 21.9 Å². The van der Waals surface area contributed by atoms with Crippen LogP contribution in [0.4, 0.5) is 0 Å². The maximum Gasteiger partial charge on any atom is 0.145 e. The van der Waals surface area contributed by atoms with Crippen molar-refractivity contribution in [1.29, 1.82) is 0 Å². The van der Waals surface area contributed by atoms with Gasteiger partial charge in [0, 0.05) is 18.2 Å². The number of hydrogen-bond donors (Lipinski definition) is 0. The van der Waals surface area contributed by atoms with Crippen LogP contribution in [0, 0.1) is 0 Å². The molecule has 0 fully saturated rings. The lowest BCUT2D eigenvalue weighted by atomic mass is 9.82. The lowest BCUT2D eigenvalue weighted by Crippen LogP contribution is -2.29. The average molecular weight is 322 g/mol. The third-order valence-electron chi connectivity index (χ3n) is 5.36. The molecule has 0 saturated heterocycles. The molecule has 0 aliphatic heterocycles. The highest BCUT2D eigenvalue weighted by Gasteiger charge is 2.45. The molecule has 4 aromatic rings. The van der Waals surface area contributed by atoms with Gasteiger partial charge in [0.15, 0.2) is 0 Å². The molecule has 0 heterocycles. The van der Waals surface area contributed by atoms with E-state index in [1.54, 1.807) is 0 Å². The highest BCUT2D eigenvalue weighted by Crippen LogP contribution is 2.54. The summed E-state index contributed by atoms with van der Waals surface area (Å²) in [6, 6.07) is 32.2. The second-order valence-corrected chi connectivity index (χ2v) is 6.51. The summed E-state index contributed by atoms with van der Waals surface area (Å²) in [5.41, 5.74) is 5.58. The van der Waals surface area contributed by atoms with E-state index in [4.69, 9.17) is 4.74 Å². The van der Waals surface area contributed by atoms with E-state index in [-0.39, 0.29) is 0 Å². The van der Waals surface area contributed by atoms with Gasteiger partial charge in [0.05, 0.1) is 0 Å². The van der Waals surface area contributed by atoms with E-state index in [2.05, 4.69) is 91.0 Å². The third kappa shape index (κ3) is 1.82. The van der Waals surface area contributed by atoms with E-state index < -0.39 is 5.60 Å². The van der Waals surface area contributed by atoms with E-state index in [9.17, 15) is 0 Å². The van der Waals surface area contributed by atoms with Gasteiger partial charge in [-0.2, -0.15) is 0 Å². The minimum absolute atomic E-state index is 0.575. The Morgan fingerprint density at radius 2 is 1.36 bits per heavy atom. The summed E-state index contributed by atoms with van der Waals surface area (Å²) in [7, 11) is 1.82. The molecule has 0 aromatic heterocycles. The topological polar surface area (TPSA) is 9.23 Å². The van der Waals surface area contributed by atoms with E-state index in [0.29, 0.717) is 0 Å². The second kappa shape index (κ2) is 5.30. The molecule has 1 aliphatic rings. The van der Waals surface area contributed by atoms with Crippen LogP contribution < -0.4 is 0 Å². The van der Waals surface area contributed by atoms with Gasteiger partial charge >= 0.3 is 0 Å². The van der Waals surface area contributed by atoms with Crippen LogP contribution in [0.5, 0.6) is 0 Å². The summed E-state index contributed by atoms with van der Waals surface area (Å²) in [5, 5.41) is 2.49. The molecule has 1 atom stereocenters. The molecule has 0 bridgehead atoms. The molecule has 1 heteroatoms. The lowest BCUT2D eigenvalue weighted by molar-refractivity contribution is 0.0636. The first-order valence-corrected chi connectivity index (χ1v) is 8.59. The van der Waals surface area contributed by atoms with Gasteiger partial charge in [-0.15, -0.1) is 0 Å². The minimum atomic E-state index is -0.575. The first-order valence-electron chi connectivity index (χ1n) is 8.59. The molecule has 0 saturated carbocycles. The summed E-state index contributed by atoms with van der Waals surface area (Å²) >= 11 is 0. The van der Waals surface area contributed by atoms with Crippen molar-refractivity contribution in [2.45, 2.75) is 5.60 Å². The minimum Gasteiger partial charge on any atom is -0.364 e. The molecule has 0 N–H and O–H groups in total. The summed E-state index contributed by atoms with van der Waals surface area (Å²) in [6.45, 7) is 0. The van der Waals surface area contributed by atoms with Crippen LogP contribution >= 0.6 is 0 Å². The first-order chi connectivity index (χ1) is 12.4. The van der Waals surface area contributed by atoms with Gasteiger partial charge in [-0.3, -0.25) is 0 Å². The van der Waals surface area contributed by atoms with Crippen molar-refractivity contribution >= 4 is 10.8 Å². The molecule has 120 valence electrons. The van der Waals surface area contributed by atoms with Gasteiger partial charge in [0.25, 0.3) is 0 Å².